The van der Waals surface area contributed by atoms with Gasteiger partial charge in [-0.2, -0.15) is 0 Å². The van der Waals surface area contributed by atoms with Gasteiger partial charge < -0.3 is 0 Å². The molecular weight excluding hydrogens is 333 g/mol. The van der Waals surface area contributed by atoms with Crippen molar-refractivity contribution in [2.75, 3.05) is 6.54 Å². The van der Waals surface area contributed by atoms with E-state index in [0.29, 0.717) is 6.04 Å². The average Bonchev–Trinajstić information content (AvgIpc) is 2.47. The zero-order valence-electron chi connectivity index (χ0n) is 9.15. The summed E-state index contributed by atoms with van der Waals surface area (Å²) in [6.45, 7) is 3.03. The van der Waals surface area contributed by atoms with Crippen LogP contribution >= 0.6 is 30.3 Å². The quantitative estimate of drug-likeness (QED) is 0.434. The van der Waals surface area contributed by atoms with E-state index in [4.69, 9.17) is 0 Å². The van der Waals surface area contributed by atoms with Crippen LogP contribution in [0.4, 0.5) is 0 Å². The van der Waals surface area contributed by atoms with Gasteiger partial charge in [-0.3, -0.25) is 4.79 Å². The standard InChI is InChI=1S/C12H14INOS/c1-9-10(8-15)6-7-14(16-13)12-5-3-2-4-11(9)12/h2-4,8,12H,5-7H2,1H3. The van der Waals surface area contributed by atoms with E-state index in [-0.39, 0.29) is 0 Å². The molecule has 1 heterocycles. The molecular formula is C12H14INOS. The molecule has 0 aromatic rings. The fourth-order valence-electron chi connectivity index (χ4n) is 2.25. The van der Waals surface area contributed by atoms with Crippen LogP contribution in [0.15, 0.2) is 34.9 Å². The molecule has 0 fully saturated rings. The number of halogens is 1. The maximum atomic E-state index is 11.1. The molecule has 2 rings (SSSR count). The van der Waals surface area contributed by atoms with Crippen molar-refractivity contribution in [2.45, 2.75) is 25.8 Å². The lowest BCUT2D eigenvalue weighted by Crippen LogP contribution is -2.30. The van der Waals surface area contributed by atoms with E-state index in [1.165, 1.54) is 11.1 Å². The average molecular weight is 347 g/mol. The molecule has 0 amide bonds. The summed E-state index contributed by atoms with van der Waals surface area (Å²) >= 11 is 2.32. The molecule has 1 atom stereocenters. The number of allylic oxidation sites excluding steroid dienone is 2. The first-order chi connectivity index (χ1) is 7.77. The number of nitrogens with zero attached hydrogens (tertiary/aromatic N) is 1. The highest BCUT2D eigenvalue weighted by Gasteiger charge is 2.28. The highest BCUT2D eigenvalue weighted by atomic mass is 127. The van der Waals surface area contributed by atoms with Crippen LogP contribution in [-0.2, 0) is 4.79 Å². The van der Waals surface area contributed by atoms with E-state index in [1.54, 1.807) is 9.12 Å². The number of carbonyl (C=O) groups is 1. The number of hydrogen-bond acceptors (Lipinski definition) is 3. The molecule has 1 unspecified atom stereocenters. The Balaban J connectivity index is 2.41. The minimum atomic E-state index is 0.435. The number of aldehydes is 1. The molecule has 86 valence electrons. The van der Waals surface area contributed by atoms with Crippen molar-refractivity contribution in [3.8, 4) is 0 Å². The van der Waals surface area contributed by atoms with Gasteiger partial charge in [-0.1, -0.05) is 18.2 Å². The van der Waals surface area contributed by atoms with E-state index in [1.807, 2.05) is 0 Å². The Morgan fingerprint density at radius 2 is 2.44 bits per heavy atom. The van der Waals surface area contributed by atoms with Gasteiger partial charge in [0.05, 0.1) is 0 Å². The second-order valence-electron chi connectivity index (χ2n) is 4.03. The molecule has 0 aromatic heterocycles. The third-order valence-corrected chi connectivity index (χ3v) is 5.36. The van der Waals surface area contributed by atoms with Crippen molar-refractivity contribution < 1.29 is 4.79 Å². The monoisotopic (exact) mass is 347 g/mol. The largest absolute Gasteiger partial charge is 0.298 e. The molecule has 4 heteroatoms. The fraction of sp³-hybridized carbons (Fsp3) is 0.417. The first kappa shape index (κ1) is 12.4. The molecule has 0 saturated heterocycles. The Morgan fingerprint density at radius 3 is 3.12 bits per heavy atom. The molecule has 0 saturated carbocycles. The van der Waals surface area contributed by atoms with Crippen molar-refractivity contribution >= 4 is 36.6 Å². The molecule has 16 heavy (non-hydrogen) atoms. The first-order valence-corrected chi connectivity index (χ1v) is 8.67. The topological polar surface area (TPSA) is 20.3 Å². The van der Waals surface area contributed by atoms with Gasteiger partial charge in [0.1, 0.15) is 6.29 Å². The fourth-order valence-corrected chi connectivity index (χ4v) is 4.12. The van der Waals surface area contributed by atoms with Gasteiger partial charge >= 0.3 is 0 Å². The number of rotatable bonds is 2. The molecule has 0 aromatic carbocycles. The van der Waals surface area contributed by atoms with Gasteiger partial charge in [0, 0.05) is 33.8 Å². The SMILES string of the molecule is CC1=C(C=O)CCN(SI)C2CC=CC=C12. The normalized spacial score (nSPS) is 26.1. The summed E-state index contributed by atoms with van der Waals surface area (Å²) in [6, 6.07) is 0.435. The van der Waals surface area contributed by atoms with Gasteiger partial charge in [-0.05, 0) is 45.6 Å². The lowest BCUT2D eigenvalue weighted by molar-refractivity contribution is -0.105. The molecule has 1 aliphatic heterocycles. The van der Waals surface area contributed by atoms with Gasteiger partial charge in [-0.15, -0.1) is 0 Å². The second-order valence-corrected chi connectivity index (χ2v) is 5.82. The number of carbonyl (C=O) groups excluding carboxylic acids is 1. The molecule has 0 N–H and O–H groups in total. The van der Waals surface area contributed by atoms with E-state index in [2.05, 4.69) is 50.7 Å². The Hall–Kier alpha value is -0.0700. The maximum Gasteiger partial charge on any atom is 0.146 e. The van der Waals surface area contributed by atoms with Gasteiger partial charge in [0.25, 0.3) is 0 Å². The molecule has 0 radical (unpaired) electrons. The van der Waals surface area contributed by atoms with Gasteiger partial charge in [0.15, 0.2) is 0 Å². The van der Waals surface area contributed by atoms with E-state index in [0.717, 1.165) is 31.2 Å². The van der Waals surface area contributed by atoms with Crippen LogP contribution in [-0.4, -0.2) is 23.2 Å². The summed E-state index contributed by atoms with van der Waals surface area (Å²) in [6.07, 6.45) is 9.38. The summed E-state index contributed by atoms with van der Waals surface area (Å²) < 4.78 is 2.37. The number of fused-ring (bicyclic) bond motifs is 1. The molecule has 0 spiro atoms. The van der Waals surface area contributed by atoms with Crippen LogP contribution in [0.5, 0.6) is 0 Å². The van der Waals surface area contributed by atoms with Crippen LogP contribution in [0.1, 0.15) is 19.8 Å². The van der Waals surface area contributed by atoms with Crippen molar-refractivity contribution in [1.29, 1.82) is 0 Å². The van der Waals surface area contributed by atoms with Crippen LogP contribution in [0, 0.1) is 0 Å². The van der Waals surface area contributed by atoms with Gasteiger partial charge in [-0.25, -0.2) is 4.31 Å². The van der Waals surface area contributed by atoms with E-state index in [9.17, 15) is 4.79 Å². The molecule has 1 aliphatic carbocycles. The Morgan fingerprint density at radius 1 is 1.62 bits per heavy atom. The third-order valence-electron chi connectivity index (χ3n) is 3.22. The Bertz CT molecular complexity index is 386. The zero-order valence-corrected chi connectivity index (χ0v) is 12.1. The minimum absolute atomic E-state index is 0.435. The van der Waals surface area contributed by atoms with Crippen molar-refractivity contribution in [1.82, 2.24) is 4.31 Å². The Kier molecular flexibility index (Phi) is 4.27. The first-order valence-electron chi connectivity index (χ1n) is 5.35. The third kappa shape index (κ3) is 2.28. The summed E-state index contributed by atoms with van der Waals surface area (Å²) in [5.74, 6) is 0. The lowest BCUT2D eigenvalue weighted by atomic mass is 9.91. The van der Waals surface area contributed by atoms with Crippen LogP contribution < -0.4 is 0 Å². The minimum Gasteiger partial charge on any atom is -0.298 e. The molecule has 2 aliphatic rings. The zero-order chi connectivity index (χ0) is 11.5. The van der Waals surface area contributed by atoms with Crippen molar-refractivity contribution in [3.63, 3.8) is 0 Å². The van der Waals surface area contributed by atoms with Crippen LogP contribution in [0.25, 0.3) is 0 Å². The highest BCUT2D eigenvalue weighted by Crippen LogP contribution is 2.36. The predicted octanol–water partition coefficient (Wildman–Crippen LogP) is 3.46. The smallest absolute Gasteiger partial charge is 0.146 e. The van der Waals surface area contributed by atoms with Crippen molar-refractivity contribution in [3.05, 3.63) is 34.9 Å². The molecule has 0 bridgehead atoms. The van der Waals surface area contributed by atoms with Gasteiger partial charge in [0.2, 0.25) is 0 Å². The highest BCUT2D eigenvalue weighted by molar-refractivity contribution is 14.2. The summed E-state index contributed by atoms with van der Waals surface area (Å²) in [5.41, 5.74) is 3.45. The molecule has 2 nitrogen and oxygen atoms in total. The Labute approximate surface area is 113 Å². The summed E-state index contributed by atoms with van der Waals surface area (Å²) in [5, 5.41) is 0. The van der Waals surface area contributed by atoms with E-state index < -0.39 is 0 Å². The van der Waals surface area contributed by atoms with E-state index >= 15 is 0 Å². The van der Waals surface area contributed by atoms with Crippen LogP contribution in [0.3, 0.4) is 0 Å². The van der Waals surface area contributed by atoms with Crippen LogP contribution in [0.2, 0.25) is 0 Å². The number of hydrogen-bond donors (Lipinski definition) is 0. The maximum absolute atomic E-state index is 11.1. The van der Waals surface area contributed by atoms with Crippen molar-refractivity contribution in [2.24, 2.45) is 0 Å². The second kappa shape index (κ2) is 5.51. The summed E-state index contributed by atoms with van der Waals surface area (Å²) in [7, 11) is 1.75. The predicted molar refractivity (Wildman–Crippen MR) is 77.3 cm³/mol. The summed E-state index contributed by atoms with van der Waals surface area (Å²) in [4.78, 5) is 11.1. The lowest BCUT2D eigenvalue weighted by Gasteiger charge is -2.29.